The van der Waals surface area contributed by atoms with Gasteiger partial charge < -0.3 is 15.6 Å². The van der Waals surface area contributed by atoms with Gasteiger partial charge in [-0.25, -0.2) is 27.3 Å². The molecule has 0 bridgehead atoms. The number of carbonyl (C=O) groups is 1. The number of carboxylic acids is 1. The zero-order valence-corrected chi connectivity index (χ0v) is 23.2. The van der Waals surface area contributed by atoms with Crippen LogP contribution in [0.5, 0.6) is 5.88 Å². The first-order valence-corrected chi connectivity index (χ1v) is 13.1. The normalized spacial score (nSPS) is 12.4. The molecule has 0 fully saturated rings. The summed E-state index contributed by atoms with van der Waals surface area (Å²) in [5, 5.41) is 9.21. The molecule has 1 unspecified atom stereocenters. The van der Waals surface area contributed by atoms with Gasteiger partial charge in [0, 0.05) is 17.7 Å². The highest BCUT2D eigenvalue weighted by atomic mass is 35.5. The summed E-state index contributed by atoms with van der Waals surface area (Å²) >= 11 is 0. The number of halogens is 2. The summed E-state index contributed by atoms with van der Waals surface area (Å²) in [7, 11) is -4.22. The minimum absolute atomic E-state index is 0. The van der Waals surface area contributed by atoms with Crippen molar-refractivity contribution in [1.29, 1.82) is 0 Å². The molecule has 2 aromatic carbocycles. The molecule has 0 saturated carbocycles. The number of aromatic nitrogens is 2. The SMILES string of the molecule is Cc1cccc(C)c1-c1cc(OCC(N)CCC(C)(C)F)nc(NS(=O)(=O)c2cccc(C(=O)O)c2)n1.Cl. The molecule has 0 radical (unpaired) electrons. The van der Waals surface area contributed by atoms with Crippen LogP contribution in [-0.2, 0) is 10.0 Å². The van der Waals surface area contributed by atoms with Gasteiger partial charge in [-0.1, -0.05) is 24.3 Å². The molecule has 1 heterocycles. The molecule has 1 atom stereocenters. The van der Waals surface area contributed by atoms with E-state index in [1.165, 1.54) is 32.0 Å². The van der Waals surface area contributed by atoms with E-state index >= 15 is 0 Å². The van der Waals surface area contributed by atoms with Gasteiger partial charge >= 0.3 is 5.97 Å². The maximum Gasteiger partial charge on any atom is 0.335 e. The van der Waals surface area contributed by atoms with Crippen LogP contribution in [-0.4, -0.2) is 47.8 Å². The van der Waals surface area contributed by atoms with Gasteiger partial charge in [-0.15, -0.1) is 12.4 Å². The lowest BCUT2D eigenvalue weighted by atomic mass is 10.00. The molecule has 3 aromatic rings. The molecule has 4 N–H and O–H groups in total. The minimum atomic E-state index is -4.22. The maximum atomic E-state index is 13.8. The highest BCUT2D eigenvalue weighted by Crippen LogP contribution is 2.29. The van der Waals surface area contributed by atoms with Crippen molar-refractivity contribution in [2.45, 2.75) is 57.1 Å². The molecule has 12 heteroatoms. The second kappa shape index (κ2) is 12.5. The standard InChI is InChI=1S/C26H31FN4O5S.ClH/c1-16-7-5-8-17(2)23(16)21-14-22(36-15-19(28)11-12-26(3,4)27)30-25(29-21)31-37(34,35)20-10-6-9-18(13-20)24(32)33;/h5-10,13-14,19H,11-12,15,28H2,1-4H3,(H,32,33)(H,29,30,31);1H. The number of nitrogens with zero attached hydrogens (tertiary/aromatic N) is 2. The fraction of sp³-hybridized carbons (Fsp3) is 0.346. The summed E-state index contributed by atoms with van der Waals surface area (Å²) in [4.78, 5) is 19.6. The van der Waals surface area contributed by atoms with Crippen molar-refractivity contribution in [3.63, 3.8) is 0 Å². The Balaban J connectivity index is 0.00000507. The molecule has 206 valence electrons. The second-order valence-corrected chi connectivity index (χ2v) is 11.1. The van der Waals surface area contributed by atoms with Crippen molar-refractivity contribution in [2.24, 2.45) is 5.73 Å². The van der Waals surface area contributed by atoms with E-state index in [-0.39, 0.29) is 47.7 Å². The van der Waals surface area contributed by atoms with Crippen LogP contribution >= 0.6 is 12.4 Å². The fourth-order valence-corrected chi connectivity index (χ4v) is 4.66. The zero-order valence-electron chi connectivity index (χ0n) is 21.6. The topological polar surface area (TPSA) is 144 Å². The van der Waals surface area contributed by atoms with Crippen LogP contribution in [0.1, 0.15) is 48.2 Å². The molecule has 0 spiro atoms. The van der Waals surface area contributed by atoms with Crippen LogP contribution in [0.15, 0.2) is 53.4 Å². The molecular weight excluding hydrogens is 535 g/mol. The Kier molecular flexibility index (Phi) is 10.2. The van der Waals surface area contributed by atoms with Crippen molar-refractivity contribution < 1.29 is 27.4 Å². The first-order valence-electron chi connectivity index (χ1n) is 11.6. The van der Waals surface area contributed by atoms with Crippen LogP contribution in [0.4, 0.5) is 10.3 Å². The Morgan fingerprint density at radius 3 is 2.37 bits per heavy atom. The third kappa shape index (κ3) is 8.37. The van der Waals surface area contributed by atoms with E-state index in [9.17, 15) is 22.7 Å². The Morgan fingerprint density at radius 2 is 1.76 bits per heavy atom. The Labute approximate surface area is 228 Å². The van der Waals surface area contributed by atoms with Gasteiger partial charge in [-0.3, -0.25) is 0 Å². The number of anilines is 1. The number of carboxylic acid groups (broad SMARTS) is 1. The van der Waals surface area contributed by atoms with E-state index in [4.69, 9.17) is 10.5 Å². The van der Waals surface area contributed by atoms with E-state index in [0.29, 0.717) is 12.1 Å². The Bertz CT molecular complexity index is 1380. The quantitative estimate of drug-likeness (QED) is 0.297. The predicted octanol–water partition coefficient (Wildman–Crippen LogP) is 4.92. The van der Waals surface area contributed by atoms with Crippen molar-refractivity contribution in [3.05, 3.63) is 65.2 Å². The number of aromatic carboxylic acids is 1. The Morgan fingerprint density at radius 1 is 1.13 bits per heavy atom. The molecule has 0 aliphatic rings. The summed E-state index contributed by atoms with van der Waals surface area (Å²) in [5.41, 5.74) is 7.59. The van der Waals surface area contributed by atoms with E-state index in [1.54, 1.807) is 6.07 Å². The van der Waals surface area contributed by atoms with Crippen LogP contribution in [0.25, 0.3) is 11.3 Å². The van der Waals surface area contributed by atoms with Crippen molar-refractivity contribution >= 4 is 34.3 Å². The number of sulfonamides is 1. The first kappa shape index (κ1) is 30.9. The highest BCUT2D eigenvalue weighted by molar-refractivity contribution is 7.92. The summed E-state index contributed by atoms with van der Waals surface area (Å²) in [6.07, 6.45) is 0.646. The Hall–Kier alpha value is -3.28. The minimum Gasteiger partial charge on any atom is -0.478 e. The predicted molar refractivity (Wildman–Crippen MR) is 146 cm³/mol. The summed E-state index contributed by atoms with van der Waals surface area (Å²) < 4.78 is 48.0. The average Bonchev–Trinajstić information content (AvgIpc) is 2.80. The number of alkyl halides is 1. The third-order valence-electron chi connectivity index (χ3n) is 5.61. The van der Waals surface area contributed by atoms with Gasteiger partial charge in [0.2, 0.25) is 11.8 Å². The molecule has 0 amide bonds. The second-order valence-electron chi connectivity index (χ2n) is 9.45. The van der Waals surface area contributed by atoms with E-state index < -0.39 is 27.7 Å². The molecule has 0 saturated heterocycles. The van der Waals surface area contributed by atoms with Gasteiger partial charge in [0.1, 0.15) is 12.3 Å². The fourth-order valence-electron chi connectivity index (χ4n) is 3.67. The number of rotatable bonds is 11. The van der Waals surface area contributed by atoms with Crippen LogP contribution in [0.2, 0.25) is 0 Å². The van der Waals surface area contributed by atoms with Crippen molar-refractivity contribution in [1.82, 2.24) is 9.97 Å². The van der Waals surface area contributed by atoms with Crippen LogP contribution < -0.4 is 15.2 Å². The summed E-state index contributed by atoms with van der Waals surface area (Å²) in [6.45, 7) is 6.80. The first-order chi connectivity index (χ1) is 17.2. The number of benzene rings is 2. The van der Waals surface area contributed by atoms with Gasteiger partial charge in [0.05, 0.1) is 16.2 Å². The van der Waals surface area contributed by atoms with Crippen molar-refractivity contribution in [2.75, 3.05) is 11.3 Å². The average molecular weight is 567 g/mol. The van der Waals surface area contributed by atoms with E-state index in [1.807, 2.05) is 32.0 Å². The van der Waals surface area contributed by atoms with Crippen LogP contribution in [0, 0.1) is 13.8 Å². The van der Waals surface area contributed by atoms with Gasteiger partial charge in [-0.05, 0) is 69.9 Å². The number of nitrogens with one attached hydrogen (secondary N) is 1. The van der Waals surface area contributed by atoms with Gasteiger partial charge in [0.25, 0.3) is 10.0 Å². The molecule has 9 nitrogen and oxygen atoms in total. The lowest BCUT2D eigenvalue weighted by molar-refractivity contribution is 0.0696. The number of ether oxygens (including phenoxy) is 1. The van der Waals surface area contributed by atoms with E-state index in [2.05, 4.69) is 14.7 Å². The molecule has 38 heavy (non-hydrogen) atoms. The zero-order chi connectivity index (χ0) is 27.4. The molecule has 1 aromatic heterocycles. The van der Waals surface area contributed by atoms with Gasteiger partial charge in [0.15, 0.2) is 0 Å². The largest absolute Gasteiger partial charge is 0.478 e. The molecule has 3 rings (SSSR count). The summed E-state index contributed by atoms with van der Waals surface area (Å²) in [6, 6.07) is 11.8. The van der Waals surface area contributed by atoms with Crippen LogP contribution in [0.3, 0.4) is 0 Å². The van der Waals surface area contributed by atoms with Gasteiger partial charge in [-0.2, -0.15) is 4.98 Å². The number of aryl methyl sites for hydroxylation is 2. The molecule has 0 aliphatic heterocycles. The molecular formula is C26H32ClFN4O5S. The van der Waals surface area contributed by atoms with E-state index in [0.717, 1.165) is 22.8 Å². The lowest BCUT2D eigenvalue weighted by Crippen LogP contribution is -2.30. The lowest BCUT2D eigenvalue weighted by Gasteiger charge is -2.18. The summed E-state index contributed by atoms with van der Waals surface area (Å²) in [5.74, 6) is -1.43. The maximum absolute atomic E-state index is 13.8. The highest BCUT2D eigenvalue weighted by Gasteiger charge is 2.21. The van der Waals surface area contributed by atoms with Crippen molar-refractivity contribution in [3.8, 4) is 17.1 Å². The number of hydrogen-bond donors (Lipinski definition) is 3. The molecule has 0 aliphatic carbocycles. The number of nitrogens with two attached hydrogens (primary N) is 1. The monoisotopic (exact) mass is 566 g/mol. The third-order valence-corrected chi connectivity index (χ3v) is 6.94. The smallest absolute Gasteiger partial charge is 0.335 e. The number of hydrogen-bond acceptors (Lipinski definition) is 7.